The molecule has 0 saturated heterocycles. The third-order valence-electron chi connectivity index (χ3n) is 1.42. The third-order valence-corrected chi connectivity index (χ3v) is 2.75. The van der Waals surface area contributed by atoms with E-state index in [0.717, 1.165) is 10.6 Å². The third kappa shape index (κ3) is 3.68. The lowest BCUT2D eigenvalue weighted by atomic mass is 10.6. The maximum absolute atomic E-state index is 11.0. The number of carbonyl (C=O) groups is 1. The molecule has 6 heteroatoms. The maximum atomic E-state index is 11.0. The Bertz CT molecular complexity index is 248. The van der Waals surface area contributed by atoms with E-state index in [2.05, 4.69) is 5.32 Å². The molecule has 0 heterocycles. The number of likely N-dealkylation sites (N-methyl/N-ethyl adjacent to an activating group) is 2. The highest BCUT2D eigenvalue weighted by Crippen LogP contribution is 1.95. The van der Waals surface area contributed by atoms with Gasteiger partial charge in [-0.2, -0.15) is 4.31 Å². The molecule has 0 aliphatic heterocycles. The van der Waals surface area contributed by atoms with Crippen molar-refractivity contribution in [1.82, 2.24) is 9.62 Å². The first-order chi connectivity index (χ1) is 5.41. The van der Waals surface area contributed by atoms with E-state index in [0.29, 0.717) is 6.54 Å². The molecular formula is C6H14N2O3S. The van der Waals surface area contributed by atoms with Crippen LogP contribution in [0, 0.1) is 0 Å². The molecule has 0 rings (SSSR count). The fourth-order valence-corrected chi connectivity index (χ4v) is 1.52. The van der Waals surface area contributed by atoms with E-state index >= 15 is 0 Å². The number of amides is 1. The molecule has 0 unspecified atom stereocenters. The number of hydrogen-bond donors (Lipinski definition) is 1. The number of nitrogens with zero attached hydrogens (tertiary/aromatic N) is 1. The molecule has 0 aliphatic carbocycles. The van der Waals surface area contributed by atoms with Crippen LogP contribution in [0.1, 0.15) is 6.92 Å². The fourth-order valence-electron chi connectivity index (χ4n) is 0.703. The Morgan fingerprint density at radius 2 is 2.00 bits per heavy atom. The number of rotatable bonds is 4. The van der Waals surface area contributed by atoms with Crippen LogP contribution >= 0.6 is 0 Å². The highest BCUT2D eigenvalue weighted by atomic mass is 32.2. The zero-order valence-corrected chi connectivity index (χ0v) is 8.31. The Morgan fingerprint density at radius 1 is 1.50 bits per heavy atom. The smallest absolute Gasteiger partial charge is 0.235 e. The molecule has 12 heavy (non-hydrogen) atoms. The van der Waals surface area contributed by atoms with Crippen LogP contribution in [-0.4, -0.2) is 45.0 Å². The SMILES string of the molecule is CCN(CC(=O)NC)S(C)(=O)=O. The molecule has 0 atom stereocenters. The van der Waals surface area contributed by atoms with Gasteiger partial charge in [0.25, 0.3) is 0 Å². The minimum atomic E-state index is -3.25. The molecule has 1 amide bonds. The van der Waals surface area contributed by atoms with E-state index < -0.39 is 10.0 Å². The first kappa shape index (κ1) is 11.4. The van der Waals surface area contributed by atoms with Crippen LogP contribution in [-0.2, 0) is 14.8 Å². The van der Waals surface area contributed by atoms with Gasteiger partial charge in [0, 0.05) is 13.6 Å². The Labute approximate surface area is 72.8 Å². The lowest BCUT2D eigenvalue weighted by molar-refractivity contribution is -0.120. The van der Waals surface area contributed by atoms with Gasteiger partial charge in [0.1, 0.15) is 0 Å². The van der Waals surface area contributed by atoms with Crippen LogP contribution in [0.4, 0.5) is 0 Å². The van der Waals surface area contributed by atoms with Crippen LogP contribution in [0.25, 0.3) is 0 Å². The van der Waals surface area contributed by atoms with Crippen molar-refractivity contribution in [2.24, 2.45) is 0 Å². The van der Waals surface area contributed by atoms with Crippen molar-refractivity contribution in [3.63, 3.8) is 0 Å². The second kappa shape index (κ2) is 4.42. The summed E-state index contributed by atoms with van der Waals surface area (Å²) in [5.41, 5.74) is 0. The van der Waals surface area contributed by atoms with Crippen LogP contribution in [0.15, 0.2) is 0 Å². The van der Waals surface area contributed by atoms with Gasteiger partial charge in [0.2, 0.25) is 15.9 Å². The number of carbonyl (C=O) groups excluding carboxylic acids is 1. The summed E-state index contributed by atoms with van der Waals surface area (Å²) in [4.78, 5) is 10.8. The Kier molecular flexibility index (Phi) is 4.19. The lowest BCUT2D eigenvalue weighted by Crippen LogP contribution is -2.38. The molecule has 0 bridgehead atoms. The summed E-state index contributed by atoms with van der Waals surface area (Å²) in [7, 11) is -1.78. The summed E-state index contributed by atoms with van der Waals surface area (Å²) in [6.07, 6.45) is 1.08. The van der Waals surface area contributed by atoms with Crippen molar-refractivity contribution in [1.29, 1.82) is 0 Å². The molecule has 0 aliphatic rings. The Balaban J connectivity index is 4.30. The van der Waals surface area contributed by atoms with E-state index in [1.807, 2.05) is 0 Å². The molecule has 0 aromatic rings. The molecule has 0 spiro atoms. The van der Waals surface area contributed by atoms with E-state index in [1.54, 1.807) is 6.92 Å². The number of sulfonamides is 1. The van der Waals surface area contributed by atoms with E-state index in [1.165, 1.54) is 7.05 Å². The minimum Gasteiger partial charge on any atom is -0.358 e. The van der Waals surface area contributed by atoms with Gasteiger partial charge in [-0.15, -0.1) is 0 Å². The largest absolute Gasteiger partial charge is 0.358 e. The summed E-state index contributed by atoms with van der Waals surface area (Å²) in [6, 6.07) is 0. The number of hydrogen-bond acceptors (Lipinski definition) is 3. The topological polar surface area (TPSA) is 66.5 Å². The lowest BCUT2D eigenvalue weighted by Gasteiger charge is -2.15. The molecule has 0 saturated carbocycles. The van der Waals surface area contributed by atoms with Crippen molar-refractivity contribution >= 4 is 15.9 Å². The standard InChI is InChI=1S/C6H14N2O3S/c1-4-8(12(3,10)11)5-6(9)7-2/h4-5H2,1-3H3,(H,7,9). The number of nitrogens with one attached hydrogen (secondary N) is 1. The van der Waals surface area contributed by atoms with Gasteiger partial charge in [0.05, 0.1) is 12.8 Å². The second-order valence-electron chi connectivity index (χ2n) is 2.36. The van der Waals surface area contributed by atoms with E-state index in [9.17, 15) is 13.2 Å². The van der Waals surface area contributed by atoms with Crippen molar-refractivity contribution in [3.8, 4) is 0 Å². The van der Waals surface area contributed by atoms with Crippen molar-refractivity contribution in [2.75, 3.05) is 26.4 Å². The summed E-state index contributed by atoms with van der Waals surface area (Å²) in [6.45, 7) is 1.89. The van der Waals surface area contributed by atoms with E-state index in [-0.39, 0.29) is 12.5 Å². The molecule has 0 fully saturated rings. The van der Waals surface area contributed by atoms with Crippen LogP contribution in [0.2, 0.25) is 0 Å². The first-order valence-electron chi connectivity index (χ1n) is 3.57. The van der Waals surface area contributed by atoms with Crippen LogP contribution < -0.4 is 5.32 Å². The monoisotopic (exact) mass is 194 g/mol. The van der Waals surface area contributed by atoms with Gasteiger partial charge in [-0.05, 0) is 0 Å². The minimum absolute atomic E-state index is 0.105. The second-order valence-corrected chi connectivity index (χ2v) is 4.34. The van der Waals surface area contributed by atoms with Crippen molar-refractivity contribution in [2.45, 2.75) is 6.92 Å². The average Bonchev–Trinajstić information content (AvgIpc) is 1.97. The highest BCUT2D eigenvalue weighted by molar-refractivity contribution is 7.88. The summed E-state index contributed by atoms with van der Waals surface area (Å²) in [5, 5.41) is 2.36. The van der Waals surface area contributed by atoms with Crippen LogP contribution in [0.5, 0.6) is 0 Å². The van der Waals surface area contributed by atoms with Crippen LogP contribution in [0.3, 0.4) is 0 Å². The molecular weight excluding hydrogens is 180 g/mol. The Morgan fingerprint density at radius 3 is 2.25 bits per heavy atom. The predicted molar refractivity (Wildman–Crippen MR) is 46.2 cm³/mol. The van der Waals surface area contributed by atoms with Gasteiger partial charge >= 0.3 is 0 Å². The van der Waals surface area contributed by atoms with Crippen molar-refractivity contribution < 1.29 is 13.2 Å². The molecule has 1 N–H and O–H groups in total. The molecule has 0 aromatic carbocycles. The van der Waals surface area contributed by atoms with Crippen molar-refractivity contribution in [3.05, 3.63) is 0 Å². The quantitative estimate of drug-likeness (QED) is 0.625. The van der Waals surface area contributed by atoms with Gasteiger partial charge < -0.3 is 5.32 Å². The van der Waals surface area contributed by atoms with Gasteiger partial charge in [-0.3, -0.25) is 4.79 Å². The van der Waals surface area contributed by atoms with Gasteiger partial charge in [0.15, 0.2) is 0 Å². The predicted octanol–water partition coefficient (Wildman–Crippen LogP) is -0.986. The van der Waals surface area contributed by atoms with Gasteiger partial charge in [-0.1, -0.05) is 6.92 Å². The van der Waals surface area contributed by atoms with E-state index in [4.69, 9.17) is 0 Å². The maximum Gasteiger partial charge on any atom is 0.235 e. The van der Waals surface area contributed by atoms with Gasteiger partial charge in [-0.25, -0.2) is 8.42 Å². The zero-order valence-electron chi connectivity index (χ0n) is 7.49. The summed E-state index contributed by atoms with van der Waals surface area (Å²) >= 11 is 0. The molecule has 5 nitrogen and oxygen atoms in total. The summed E-state index contributed by atoms with van der Waals surface area (Å²) in [5.74, 6) is -0.303. The average molecular weight is 194 g/mol. The zero-order chi connectivity index (χ0) is 9.78. The molecule has 72 valence electrons. The molecule has 0 aromatic heterocycles. The first-order valence-corrected chi connectivity index (χ1v) is 5.42. The molecule has 0 radical (unpaired) electrons. The Hall–Kier alpha value is -0.620. The fraction of sp³-hybridized carbons (Fsp3) is 0.833. The normalized spacial score (nSPS) is 11.7. The summed E-state index contributed by atoms with van der Waals surface area (Å²) < 4.78 is 23.0. The highest BCUT2D eigenvalue weighted by Gasteiger charge is 2.16.